The summed E-state index contributed by atoms with van der Waals surface area (Å²) in [6.07, 6.45) is 4.76. The maximum Gasteiger partial charge on any atom is 0.251 e. The minimum atomic E-state index is -0.670. The van der Waals surface area contributed by atoms with E-state index < -0.39 is 11.6 Å². The number of hydrogen-bond donors (Lipinski definition) is 1. The molecule has 0 aliphatic rings. The molecule has 150 valence electrons. The summed E-state index contributed by atoms with van der Waals surface area (Å²) in [4.78, 5) is 13.0. The number of fused-ring (bicyclic) bond motifs is 1. The summed E-state index contributed by atoms with van der Waals surface area (Å²) in [7, 11) is 1.48. The average molecular weight is 424 g/mol. The zero-order valence-corrected chi connectivity index (χ0v) is 16.7. The van der Waals surface area contributed by atoms with Crippen LogP contribution in [-0.2, 0) is 0 Å². The minimum Gasteiger partial charge on any atom is -0.480 e. The first-order chi connectivity index (χ1) is 14.6. The molecule has 3 aromatic heterocycles. The van der Waals surface area contributed by atoms with Gasteiger partial charge in [0, 0.05) is 17.8 Å². The van der Waals surface area contributed by atoms with Crippen molar-refractivity contribution in [2.45, 2.75) is 11.8 Å². The number of benzene rings is 1. The first kappa shape index (κ1) is 19.6. The molecule has 0 bridgehead atoms. The van der Waals surface area contributed by atoms with Crippen LogP contribution in [0.15, 0.2) is 47.8 Å². The summed E-state index contributed by atoms with van der Waals surface area (Å²) in [6.45, 7) is 1.73. The van der Waals surface area contributed by atoms with E-state index >= 15 is 0 Å². The van der Waals surface area contributed by atoms with Crippen molar-refractivity contribution in [2.24, 2.45) is 0 Å². The third kappa shape index (κ3) is 3.88. The maximum atomic E-state index is 13.9. The third-order valence-corrected chi connectivity index (χ3v) is 4.86. The van der Waals surface area contributed by atoms with Gasteiger partial charge in [-0.3, -0.25) is 0 Å². The number of anilines is 1. The quantitative estimate of drug-likeness (QED) is 0.384. The number of imidazole rings is 1. The molecule has 0 radical (unpaired) electrons. The van der Waals surface area contributed by atoms with Crippen LogP contribution < -0.4 is 9.46 Å². The van der Waals surface area contributed by atoms with E-state index in [2.05, 4.69) is 36.6 Å². The number of methoxy groups -OCH3 is 1. The first-order valence-electron chi connectivity index (χ1n) is 8.65. The molecule has 7 nitrogen and oxygen atoms in total. The number of hydrogen-bond acceptors (Lipinski definition) is 7. The summed E-state index contributed by atoms with van der Waals surface area (Å²) >= 11 is 0.974. The number of pyridine rings is 1. The predicted molar refractivity (Wildman–Crippen MR) is 109 cm³/mol. The number of ether oxygens (including phenoxy) is 1. The molecule has 1 aromatic carbocycles. The topological polar surface area (TPSA) is 77.2 Å². The van der Waals surface area contributed by atoms with Gasteiger partial charge < -0.3 is 9.46 Å². The van der Waals surface area contributed by atoms with Gasteiger partial charge in [-0.25, -0.2) is 23.7 Å². The fraction of sp³-hybridized carbons (Fsp3) is 0.100. The normalized spacial score (nSPS) is 10.5. The monoisotopic (exact) mass is 424 g/mol. The average Bonchev–Trinajstić information content (AvgIpc) is 3.15. The predicted octanol–water partition coefficient (Wildman–Crippen LogP) is 3.96. The van der Waals surface area contributed by atoms with Gasteiger partial charge in [0.05, 0.1) is 24.4 Å². The number of rotatable bonds is 5. The van der Waals surface area contributed by atoms with Gasteiger partial charge in [-0.2, -0.15) is 9.61 Å². The van der Waals surface area contributed by atoms with Gasteiger partial charge in [-0.15, -0.1) is 0 Å². The van der Waals surface area contributed by atoms with E-state index in [9.17, 15) is 8.78 Å². The molecule has 0 saturated carbocycles. The third-order valence-electron chi connectivity index (χ3n) is 3.99. The molecule has 10 heteroatoms. The molecule has 0 aliphatic heterocycles. The zero-order valence-electron chi connectivity index (χ0n) is 15.8. The molecule has 3 heterocycles. The van der Waals surface area contributed by atoms with E-state index in [-0.39, 0.29) is 4.90 Å². The van der Waals surface area contributed by atoms with Crippen LogP contribution in [0.2, 0.25) is 0 Å². The molecule has 0 amide bonds. The van der Waals surface area contributed by atoms with Crippen LogP contribution in [-0.4, -0.2) is 31.7 Å². The molecule has 0 unspecified atom stereocenters. The van der Waals surface area contributed by atoms with Crippen LogP contribution in [0.5, 0.6) is 5.88 Å². The molecule has 0 fully saturated rings. The van der Waals surface area contributed by atoms with E-state index in [4.69, 9.17) is 4.74 Å². The van der Waals surface area contributed by atoms with Gasteiger partial charge in [0.2, 0.25) is 5.88 Å². The van der Waals surface area contributed by atoms with Crippen LogP contribution in [0.25, 0.3) is 17.0 Å². The lowest BCUT2D eigenvalue weighted by atomic mass is 10.2. The van der Waals surface area contributed by atoms with Crippen molar-refractivity contribution in [1.29, 1.82) is 0 Å². The van der Waals surface area contributed by atoms with Gasteiger partial charge in [0.1, 0.15) is 28.7 Å². The van der Waals surface area contributed by atoms with Crippen LogP contribution in [0.4, 0.5) is 14.5 Å². The van der Waals surface area contributed by atoms with E-state index in [1.54, 1.807) is 36.1 Å². The Balaban J connectivity index is 1.67. The summed E-state index contributed by atoms with van der Waals surface area (Å²) in [6, 6.07) is 5.10. The highest BCUT2D eigenvalue weighted by Gasteiger charge is 2.13. The highest BCUT2D eigenvalue weighted by atomic mass is 32.2. The highest BCUT2D eigenvalue weighted by Crippen LogP contribution is 2.32. The zero-order chi connectivity index (χ0) is 21.1. The Labute approximate surface area is 174 Å². The Hall–Kier alpha value is -3.71. The summed E-state index contributed by atoms with van der Waals surface area (Å²) in [5.41, 5.74) is 2.29. The standard InChI is InChI=1S/C20H14F2N6OS/c1-3-4-14-10-24-20-25-11-17(26-28(14)20)12-7-16(19(29-2)23-9-12)27-30-18-6-5-13(21)8-15(18)22/h5-11,27H,1-2H3. The van der Waals surface area contributed by atoms with Crippen molar-refractivity contribution in [2.75, 3.05) is 11.8 Å². The molecular weight excluding hydrogens is 410 g/mol. The van der Waals surface area contributed by atoms with E-state index in [0.29, 0.717) is 34.3 Å². The van der Waals surface area contributed by atoms with Crippen molar-refractivity contribution in [1.82, 2.24) is 24.6 Å². The lowest BCUT2D eigenvalue weighted by Gasteiger charge is -2.11. The Kier molecular flexibility index (Phi) is 5.45. The van der Waals surface area contributed by atoms with Crippen molar-refractivity contribution in [3.05, 3.63) is 60.2 Å². The van der Waals surface area contributed by atoms with E-state index in [0.717, 1.165) is 18.0 Å². The van der Waals surface area contributed by atoms with Gasteiger partial charge in [0.15, 0.2) is 0 Å². The molecule has 0 aliphatic carbocycles. The molecule has 30 heavy (non-hydrogen) atoms. The second kappa shape index (κ2) is 8.34. The fourth-order valence-corrected chi connectivity index (χ4v) is 3.28. The largest absolute Gasteiger partial charge is 0.480 e. The molecule has 4 rings (SSSR count). The minimum absolute atomic E-state index is 0.228. The van der Waals surface area contributed by atoms with Crippen molar-refractivity contribution in [3.8, 4) is 29.0 Å². The van der Waals surface area contributed by atoms with Crippen molar-refractivity contribution < 1.29 is 13.5 Å². The van der Waals surface area contributed by atoms with Crippen molar-refractivity contribution in [3.63, 3.8) is 0 Å². The van der Waals surface area contributed by atoms with Crippen LogP contribution in [0.1, 0.15) is 12.6 Å². The fourth-order valence-electron chi connectivity index (χ4n) is 2.62. The summed E-state index contributed by atoms with van der Waals surface area (Å²) in [5, 5.41) is 4.53. The molecule has 1 N–H and O–H groups in total. The van der Waals surface area contributed by atoms with Gasteiger partial charge in [-0.05, 0) is 43.0 Å². The molecule has 0 atom stereocenters. The smallest absolute Gasteiger partial charge is 0.251 e. The molecular formula is C20H14F2N6OS. The van der Waals surface area contributed by atoms with Crippen LogP contribution in [0.3, 0.4) is 0 Å². The lowest BCUT2D eigenvalue weighted by Crippen LogP contribution is -2.01. The molecule has 0 spiro atoms. The Bertz CT molecular complexity index is 1300. The van der Waals surface area contributed by atoms with Crippen molar-refractivity contribution >= 4 is 23.4 Å². The Morgan fingerprint density at radius 1 is 1.10 bits per heavy atom. The lowest BCUT2D eigenvalue weighted by molar-refractivity contribution is 0.400. The number of halogens is 2. The van der Waals surface area contributed by atoms with E-state index in [1.807, 2.05) is 0 Å². The van der Waals surface area contributed by atoms with Gasteiger partial charge in [0.25, 0.3) is 5.78 Å². The van der Waals surface area contributed by atoms with Crippen LogP contribution in [0, 0.1) is 23.5 Å². The van der Waals surface area contributed by atoms with Gasteiger partial charge in [-0.1, -0.05) is 5.92 Å². The number of nitrogens with zero attached hydrogens (tertiary/aromatic N) is 5. The Morgan fingerprint density at radius 3 is 2.70 bits per heavy atom. The number of nitrogens with one attached hydrogen (secondary N) is 1. The second-order valence-corrected chi connectivity index (χ2v) is 6.78. The van der Waals surface area contributed by atoms with Crippen LogP contribution >= 0.6 is 11.9 Å². The first-order valence-corrected chi connectivity index (χ1v) is 9.46. The molecule has 4 aromatic rings. The SMILES string of the molecule is CC#Cc1cnc2ncc(-c3cnc(OC)c(NSc4ccc(F)cc4F)c3)nn12. The van der Waals surface area contributed by atoms with Gasteiger partial charge >= 0.3 is 0 Å². The summed E-state index contributed by atoms with van der Waals surface area (Å²) in [5.74, 6) is 5.16. The molecule has 0 saturated heterocycles. The second-order valence-electron chi connectivity index (χ2n) is 5.93. The highest BCUT2D eigenvalue weighted by molar-refractivity contribution is 8.00. The Morgan fingerprint density at radius 2 is 1.93 bits per heavy atom. The number of aromatic nitrogens is 5. The summed E-state index contributed by atoms with van der Waals surface area (Å²) < 4.78 is 36.8. The van der Waals surface area contributed by atoms with E-state index in [1.165, 1.54) is 19.2 Å². The maximum absolute atomic E-state index is 13.9.